The van der Waals surface area contributed by atoms with E-state index >= 15 is 0 Å². The van der Waals surface area contributed by atoms with Crippen LogP contribution in [0.4, 0.5) is 25.2 Å². The molecule has 5 rings (SSSR count). The number of ketones is 1. The second-order valence-corrected chi connectivity index (χ2v) is 10.0. The van der Waals surface area contributed by atoms with E-state index < -0.39 is 7.81 Å². The number of hydrogen-bond donors (Lipinski definition) is 0. The molecule has 27 heavy (non-hydrogen) atoms. The zero-order valence-corrected chi connectivity index (χ0v) is 16.0. The van der Waals surface area contributed by atoms with Crippen molar-refractivity contribution in [3.8, 4) is 0 Å². The van der Waals surface area contributed by atoms with Crippen molar-refractivity contribution in [1.82, 2.24) is 0 Å². The van der Waals surface area contributed by atoms with Gasteiger partial charge in [-0.1, -0.05) is 0 Å². The van der Waals surface area contributed by atoms with E-state index in [0.717, 1.165) is 23.7 Å². The van der Waals surface area contributed by atoms with Crippen LogP contribution in [0.5, 0.6) is 0 Å². The summed E-state index contributed by atoms with van der Waals surface area (Å²) in [4.78, 5) is 0. The molecule has 5 aliphatic rings. The van der Waals surface area contributed by atoms with Crippen LogP contribution in [0.1, 0.15) is 38.5 Å². The number of carbonyl (C=O) groups excluding carboxylic acids is 1. The second kappa shape index (κ2) is 5.38. The van der Waals surface area contributed by atoms with E-state index in [9.17, 15) is 25.2 Å². The molecule has 5 aliphatic carbocycles. The Labute approximate surface area is 153 Å². The Balaban J connectivity index is 0.000000224. The molecule has 0 saturated heterocycles. The van der Waals surface area contributed by atoms with E-state index in [2.05, 4.69) is 0 Å². The van der Waals surface area contributed by atoms with E-state index in [-0.39, 0.29) is 0 Å². The second-order valence-electron chi connectivity index (χ2n) is 8.09. The van der Waals surface area contributed by atoms with Crippen LogP contribution in [-0.4, -0.2) is 20.0 Å². The third kappa shape index (κ3) is 3.59. The minimum atomic E-state index is -10.7. The van der Waals surface area contributed by atoms with Crippen LogP contribution >= 0.6 is 7.81 Å². The fourth-order valence-electron chi connectivity index (χ4n) is 5.85. The van der Waals surface area contributed by atoms with Crippen molar-refractivity contribution < 1.29 is 34.3 Å². The zero-order valence-electron chi connectivity index (χ0n) is 15.1. The first kappa shape index (κ1) is 19.4. The normalized spacial score (nSPS) is 38.6. The first-order valence-electron chi connectivity index (χ1n) is 9.16. The van der Waals surface area contributed by atoms with Crippen molar-refractivity contribution in [2.75, 3.05) is 14.2 Å². The average molecular weight is 415 g/mol. The standard InChI is InChI=1S/C18H22O2.F6P/c1-19-17-13-9-3-5-11(7-9)15(13)18(20-2)16-12-6-4-10(8-12)14(16)17;1-7(2,3,4,5)6/h9-12H,3-8H2,1-2H3;/q+1;-1/t9-,10+,11+,12-;. The van der Waals surface area contributed by atoms with Crippen LogP contribution in [0.2, 0.25) is 0 Å². The molecule has 0 aromatic carbocycles. The molecule has 0 aromatic rings. The summed E-state index contributed by atoms with van der Waals surface area (Å²) < 4.78 is 71.1. The zero-order chi connectivity index (χ0) is 19.8. The van der Waals surface area contributed by atoms with Gasteiger partial charge in [-0.05, 0) is 73.3 Å². The van der Waals surface area contributed by atoms with Gasteiger partial charge in [-0.2, -0.15) is 0 Å². The van der Waals surface area contributed by atoms with Gasteiger partial charge in [0.25, 0.3) is 7.11 Å². The van der Waals surface area contributed by atoms with Gasteiger partial charge in [0.15, 0.2) is 0 Å². The Morgan fingerprint density at radius 3 is 1.37 bits per heavy atom. The average Bonchev–Trinajstić information content (AvgIpc) is 3.28. The Morgan fingerprint density at radius 1 is 0.741 bits per heavy atom. The fourth-order valence-corrected chi connectivity index (χ4v) is 5.85. The maximum atomic E-state index is 9.87. The monoisotopic (exact) mass is 415 g/mol. The van der Waals surface area contributed by atoms with Crippen molar-refractivity contribution in [3.05, 3.63) is 28.4 Å². The summed E-state index contributed by atoms with van der Waals surface area (Å²) in [7, 11) is -6.91. The summed E-state index contributed by atoms with van der Waals surface area (Å²) in [6.07, 6.45) is 9.33. The molecule has 0 heterocycles. The predicted octanol–water partition coefficient (Wildman–Crippen LogP) is 6.75. The van der Waals surface area contributed by atoms with Crippen molar-refractivity contribution in [2.24, 2.45) is 23.7 Å². The molecule has 0 N–H and O–H groups in total. The van der Waals surface area contributed by atoms with Crippen LogP contribution in [0, 0.1) is 29.8 Å². The number of halogens is 6. The van der Waals surface area contributed by atoms with Gasteiger partial charge in [-0.3, -0.25) is 4.42 Å². The molecule has 2 saturated carbocycles. The van der Waals surface area contributed by atoms with Crippen molar-refractivity contribution in [1.29, 1.82) is 0 Å². The van der Waals surface area contributed by atoms with Crippen molar-refractivity contribution >= 4 is 13.6 Å². The summed E-state index contributed by atoms with van der Waals surface area (Å²) in [5.41, 5.74) is 6.14. The minimum absolute atomic E-state index is 0.739. The fraction of sp³-hybridized carbons (Fsp3) is 0.667. The van der Waals surface area contributed by atoms with Crippen molar-refractivity contribution in [3.63, 3.8) is 0 Å². The number of methoxy groups -OCH3 is 1. The third-order valence-corrected chi connectivity index (χ3v) is 6.47. The molecule has 2 fully saturated rings. The molecule has 9 heteroatoms. The molecule has 0 unspecified atom stereocenters. The quantitative estimate of drug-likeness (QED) is 0.264. The molecule has 0 aromatic heterocycles. The number of ether oxygens (including phenoxy) is 1. The van der Waals surface area contributed by atoms with Gasteiger partial charge in [-0.15, -0.1) is 0 Å². The Hall–Kier alpha value is -0.880. The molecule has 0 amide bonds. The van der Waals surface area contributed by atoms with Crippen LogP contribution in [-0.2, 0) is 9.16 Å². The molecule has 0 spiro atoms. The molecular formula is C18H22F6O2P. The Morgan fingerprint density at radius 2 is 1.07 bits per heavy atom. The SMILES string of the molecule is CO[C]1C2=C(C(=[O+]C)C3=C1[C@@H]1CC[C@H]3C1)[C@@H]1CC[C@H]2C1.F[P-](F)(F)(F)(F)F. The van der Waals surface area contributed by atoms with Gasteiger partial charge in [-0.25, -0.2) is 0 Å². The van der Waals surface area contributed by atoms with E-state index in [4.69, 9.17) is 9.16 Å². The Bertz CT molecular complexity index is 722. The van der Waals surface area contributed by atoms with E-state index in [1.54, 1.807) is 0 Å². The molecule has 0 aliphatic heterocycles. The summed E-state index contributed by atoms with van der Waals surface area (Å²) in [6, 6.07) is 0. The summed E-state index contributed by atoms with van der Waals surface area (Å²) in [6.45, 7) is 0. The van der Waals surface area contributed by atoms with Crippen LogP contribution in [0.25, 0.3) is 0 Å². The number of fused-ring (bicyclic) bond motifs is 8. The van der Waals surface area contributed by atoms with Gasteiger partial charge < -0.3 is 4.74 Å². The van der Waals surface area contributed by atoms with Crippen molar-refractivity contribution in [2.45, 2.75) is 38.5 Å². The number of rotatable bonds is 1. The summed E-state index contributed by atoms with van der Waals surface area (Å²) >= 11 is 0. The molecule has 1 radical (unpaired) electrons. The number of hydrogen-bond acceptors (Lipinski definition) is 1. The Kier molecular flexibility index (Phi) is 3.87. The first-order valence-corrected chi connectivity index (χ1v) is 11.2. The van der Waals surface area contributed by atoms with Crippen LogP contribution in [0.3, 0.4) is 0 Å². The van der Waals surface area contributed by atoms with Gasteiger partial charge in [0.1, 0.15) is 6.10 Å². The van der Waals surface area contributed by atoms with Crippen LogP contribution < -0.4 is 0 Å². The topological polar surface area (TPSA) is 20.5 Å². The predicted molar refractivity (Wildman–Crippen MR) is 90.5 cm³/mol. The van der Waals surface area contributed by atoms with Gasteiger partial charge in [0.2, 0.25) is 0 Å². The molecule has 2 nitrogen and oxygen atoms in total. The molecular weight excluding hydrogens is 393 g/mol. The van der Waals surface area contributed by atoms with Gasteiger partial charge in [0.05, 0.1) is 11.1 Å². The van der Waals surface area contributed by atoms with E-state index in [1.807, 2.05) is 14.2 Å². The third-order valence-electron chi connectivity index (χ3n) is 6.47. The van der Waals surface area contributed by atoms with Gasteiger partial charge >= 0.3 is 38.8 Å². The molecule has 4 bridgehead atoms. The number of allylic oxidation sites excluding steroid dienone is 2. The molecule has 153 valence electrons. The maximum absolute atomic E-state index is 10.7. The molecule has 4 atom stereocenters. The van der Waals surface area contributed by atoms with Crippen LogP contribution in [0.15, 0.2) is 22.3 Å². The first-order chi connectivity index (χ1) is 12.3. The summed E-state index contributed by atoms with van der Waals surface area (Å²) in [5, 5.41) is 0. The summed E-state index contributed by atoms with van der Waals surface area (Å²) in [5.74, 6) is 4.22. The van der Waals surface area contributed by atoms with E-state index in [0.29, 0.717) is 0 Å². The van der Waals surface area contributed by atoms with E-state index in [1.165, 1.54) is 72.7 Å². The van der Waals surface area contributed by atoms with Gasteiger partial charge in [0, 0.05) is 7.11 Å².